The van der Waals surface area contributed by atoms with E-state index in [1.807, 2.05) is 0 Å². The van der Waals surface area contributed by atoms with Gasteiger partial charge in [-0.1, -0.05) is 0 Å². The summed E-state index contributed by atoms with van der Waals surface area (Å²) in [6, 6.07) is 0. The van der Waals surface area contributed by atoms with E-state index in [1.54, 1.807) is 0 Å². The SMILES string of the molecule is CCCCP(C)(C)(C(C)C)C(C)CC. The molecule has 0 aliphatic carbocycles. The molecule has 0 nitrogen and oxygen atoms in total. The van der Waals surface area contributed by atoms with Crippen LogP contribution in [0, 0.1) is 0 Å². The van der Waals surface area contributed by atoms with Gasteiger partial charge in [0.05, 0.1) is 0 Å². The average molecular weight is 218 g/mol. The van der Waals surface area contributed by atoms with Gasteiger partial charge in [0.2, 0.25) is 0 Å². The Labute approximate surface area is 91.8 Å². The standard InChI is InChI=1S/C13H31P/c1-8-10-11-14(6,7,12(3)4)13(5)9-2/h12-13H,8-11H2,1-7H3. The molecule has 0 radical (unpaired) electrons. The maximum atomic E-state index is 2.63. The van der Waals surface area contributed by atoms with Crippen molar-refractivity contribution in [3.63, 3.8) is 0 Å². The number of hydrogen-bond acceptors (Lipinski definition) is 0. The van der Waals surface area contributed by atoms with Gasteiger partial charge in [-0.05, 0) is 0 Å². The zero-order valence-corrected chi connectivity index (χ0v) is 12.3. The van der Waals surface area contributed by atoms with Crippen molar-refractivity contribution in [2.75, 3.05) is 19.5 Å². The molecule has 0 saturated heterocycles. The maximum absolute atomic E-state index is 2.63. The van der Waals surface area contributed by atoms with Crippen LogP contribution < -0.4 is 0 Å². The van der Waals surface area contributed by atoms with Crippen LogP contribution in [0.5, 0.6) is 0 Å². The summed E-state index contributed by atoms with van der Waals surface area (Å²) in [7, 11) is 0. The molecule has 0 rings (SSSR count). The van der Waals surface area contributed by atoms with Crippen molar-refractivity contribution in [3.8, 4) is 0 Å². The van der Waals surface area contributed by atoms with Crippen molar-refractivity contribution in [1.29, 1.82) is 0 Å². The molecular formula is C13H31P. The van der Waals surface area contributed by atoms with Crippen LogP contribution >= 0.6 is 6.60 Å². The van der Waals surface area contributed by atoms with Gasteiger partial charge in [-0.2, -0.15) is 0 Å². The van der Waals surface area contributed by atoms with Crippen LogP contribution in [0.1, 0.15) is 53.9 Å². The monoisotopic (exact) mass is 218 g/mol. The Hall–Kier alpha value is 0.430. The number of unbranched alkanes of at least 4 members (excludes halogenated alkanes) is 1. The molecule has 0 aliphatic heterocycles. The first-order valence-electron chi connectivity index (χ1n) is 6.28. The molecule has 0 fully saturated rings. The Kier molecular flexibility index (Phi) is 5.12. The number of hydrogen-bond donors (Lipinski definition) is 0. The van der Waals surface area contributed by atoms with Crippen LogP contribution in [-0.2, 0) is 0 Å². The van der Waals surface area contributed by atoms with Gasteiger partial charge in [0.15, 0.2) is 0 Å². The van der Waals surface area contributed by atoms with Gasteiger partial charge in [0.25, 0.3) is 0 Å². The normalized spacial score (nSPS) is 17.9. The second-order valence-electron chi connectivity index (χ2n) is 6.05. The molecule has 1 unspecified atom stereocenters. The van der Waals surface area contributed by atoms with Crippen molar-refractivity contribution < 1.29 is 0 Å². The van der Waals surface area contributed by atoms with Gasteiger partial charge in [-0.3, -0.25) is 0 Å². The van der Waals surface area contributed by atoms with Crippen LogP contribution in [-0.4, -0.2) is 30.8 Å². The third-order valence-electron chi connectivity index (χ3n) is 4.95. The summed E-state index contributed by atoms with van der Waals surface area (Å²) in [5.41, 5.74) is 1.83. The Morgan fingerprint density at radius 3 is 1.79 bits per heavy atom. The van der Waals surface area contributed by atoms with E-state index in [1.165, 1.54) is 25.4 Å². The van der Waals surface area contributed by atoms with E-state index in [9.17, 15) is 0 Å². The first-order chi connectivity index (χ1) is 6.28. The van der Waals surface area contributed by atoms with Crippen molar-refractivity contribution in [1.82, 2.24) is 0 Å². The van der Waals surface area contributed by atoms with Crippen LogP contribution in [0.25, 0.3) is 0 Å². The van der Waals surface area contributed by atoms with Gasteiger partial charge in [-0.15, -0.1) is 0 Å². The second-order valence-corrected chi connectivity index (χ2v) is 13.7. The van der Waals surface area contributed by atoms with E-state index in [0.717, 1.165) is 11.3 Å². The fourth-order valence-electron chi connectivity index (χ4n) is 2.24. The van der Waals surface area contributed by atoms with Gasteiger partial charge in [0, 0.05) is 0 Å². The fraction of sp³-hybridized carbons (Fsp3) is 1.00. The summed E-state index contributed by atoms with van der Waals surface area (Å²) in [4.78, 5) is 0. The van der Waals surface area contributed by atoms with Gasteiger partial charge in [0.1, 0.15) is 0 Å². The predicted octanol–water partition coefficient (Wildman–Crippen LogP) is 4.81. The van der Waals surface area contributed by atoms with E-state index >= 15 is 0 Å². The zero-order chi connectivity index (χ0) is 11.4. The van der Waals surface area contributed by atoms with Gasteiger partial charge in [-0.25, -0.2) is 0 Å². The molecule has 0 spiro atoms. The molecule has 0 amide bonds. The molecule has 1 atom stereocenters. The summed E-state index contributed by atoms with van der Waals surface area (Å²) < 4.78 is 0. The van der Waals surface area contributed by atoms with Crippen molar-refractivity contribution in [2.24, 2.45) is 0 Å². The van der Waals surface area contributed by atoms with Crippen LogP contribution in [0.3, 0.4) is 0 Å². The van der Waals surface area contributed by atoms with E-state index < -0.39 is 6.60 Å². The van der Waals surface area contributed by atoms with E-state index in [4.69, 9.17) is 0 Å². The Balaban J connectivity index is 4.82. The first kappa shape index (κ1) is 14.4. The second kappa shape index (κ2) is 4.97. The Morgan fingerprint density at radius 2 is 1.50 bits per heavy atom. The molecule has 0 aromatic heterocycles. The van der Waals surface area contributed by atoms with Crippen LogP contribution in [0.15, 0.2) is 0 Å². The summed E-state index contributed by atoms with van der Waals surface area (Å²) in [5.74, 6) is 0. The first-order valence-corrected chi connectivity index (χ1v) is 9.74. The molecule has 0 heterocycles. The molecule has 88 valence electrons. The minimum absolute atomic E-state index is 0.891. The molecule has 0 saturated carbocycles. The van der Waals surface area contributed by atoms with E-state index in [-0.39, 0.29) is 0 Å². The van der Waals surface area contributed by atoms with Crippen LogP contribution in [0.4, 0.5) is 0 Å². The topological polar surface area (TPSA) is 0 Å². The Bertz CT molecular complexity index is 170. The molecule has 0 N–H and O–H groups in total. The average Bonchev–Trinajstić information content (AvgIpc) is 2.13. The molecule has 0 aliphatic rings. The summed E-state index contributed by atoms with van der Waals surface area (Å²) in [5, 5.41) is 0. The van der Waals surface area contributed by atoms with E-state index in [2.05, 4.69) is 47.9 Å². The molecule has 1 heteroatoms. The summed E-state index contributed by atoms with van der Waals surface area (Å²) in [6.45, 7) is 15.9. The van der Waals surface area contributed by atoms with Gasteiger partial charge < -0.3 is 0 Å². The number of rotatable bonds is 6. The fourth-order valence-corrected chi connectivity index (χ4v) is 6.73. The molecule has 14 heavy (non-hydrogen) atoms. The van der Waals surface area contributed by atoms with Crippen molar-refractivity contribution in [2.45, 2.75) is 65.2 Å². The molecular weight excluding hydrogens is 187 g/mol. The minimum atomic E-state index is -1.43. The molecule has 0 bridgehead atoms. The Morgan fingerprint density at radius 1 is 1.00 bits per heavy atom. The van der Waals surface area contributed by atoms with Crippen LogP contribution in [0.2, 0.25) is 0 Å². The summed E-state index contributed by atoms with van der Waals surface area (Å²) in [6.07, 6.45) is 5.62. The van der Waals surface area contributed by atoms with Crippen molar-refractivity contribution >= 4 is 6.60 Å². The third-order valence-corrected chi connectivity index (χ3v) is 13.3. The third kappa shape index (κ3) is 2.72. The van der Waals surface area contributed by atoms with Crippen molar-refractivity contribution in [3.05, 3.63) is 0 Å². The quantitative estimate of drug-likeness (QED) is 0.561. The summed E-state index contributed by atoms with van der Waals surface area (Å²) >= 11 is 0. The van der Waals surface area contributed by atoms with Gasteiger partial charge >= 0.3 is 91.3 Å². The van der Waals surface area contributed by atoms with E-state index in [0.29, 0.717) is 0 Å². The predicted molar refractivity (Wildman–Crippen MR) is 73.4 cm³/mol. The zero-order valence-electron chi connectivity index (χ0n) is 11.4. The molecule has 0 aromatic rings. The molecule has 0 aromatic carbocycles.